The Kier molecular flexibility index (Phi) is 2.32. The number of halogens is 1. The predicted octanol–water partition coefficient (Wildman–Crippen LogP) is 1.38. The lowest BCUT2D eigenvalue weighted by molar-refractivity contribution is 0.0692. The topological polar surface area (TPSA) is 80.9 Å². The molecule has 3 rings (SSSR count). The second-order valence-corrected chi connectivity index (χ2v) is 4.19. The lowest BCUT2D eigenvalue weighted by Gasteiger charge is -2.04. The third-order valence-corrected chi connectivity index (χ3v) is 2.86. The molecule has 7 heteroatoms. The van der Waals surface area contributed by atoms with Gasteiger partial charge in [-0.15, -0.1) is 5.10 Å². The number of carbonyl (C=O) groups is 1. The molecule has 1 aliphatic carbocycles. The summed E-state index contributed by atoms with van der Waals surface area (Å²) in [6.07, 6.45) is 2.05. The average molecular weight is 248 g/mol. The van der Waals surface area contributed by atoms with E-state index in [1.807, 2.05) is 0 Å². The van der Waals surface area contributed by atoms with Crippen LogP contribution in [0.1, 0.15) is 34.9 Å². The number of aromatic nitrogens is 4. The van der Waals surface area contributed by atoms with Crippen molar-refractivity contribution >= 4 is 5.97 Å². The average Bonchev–Trinajstić information content (AvgIpc) is 3.06. The second-order valence-electron chi connectivity index (χ2n) is 4.19. The van der Waals surface area contributed by atoms with Gasteiger partial charge in [0, 0.05) is 12.0 Å². The molecule has 0 atom stereocenters. The van der Waals surface area contributed by atoms with E-state index in [1.54, 1.807) is 0 Å². The largest absolute Gasteiger partial charge is 0.478 e. The highest BCUT2D eigenvalue weighted by Crippen LogP contribution is 2.39. The molecule has 0 amide bonds. The molecule has 1 aliphatic rings. The maximum atomic E-state index is 13.6. The predicted molar refractivity (Wildman–Crippen MR) is 58.0 cm³/mol. The zero-order valence-electron chi connectivity index (χ0n) is 9.25. The summed E-state index contributed by atoms with van der Waals surface area (Å²) in [6.45, 7) is 0. The fourth-order valence-electron chi connectivity index (χ4n) is 1.78. The molecule has 0 aliphatic heterocycles. The van der Waals surface area contributed by atoms with Crippen molar-refractivity contribution in [1.29, 1.82) is 0 Å². The first-order valence-electron chi connectivity index (χ1n) is 5.48. The molecule has 1 saturated carbocycles. The molecule has 1 N–H and O–H groups in total. The molecule has 18 heavy (non-hydrogen) atoms. The van der Waals surface area contributed by atoms with Gasteiger partial charge in [0.1, 0.15) is 5.82 Å². The summed E-state index contributed by atoms with van der Waals surface area (Å²) in [5, 5.41) is 20.0. The van der Waals surface area contributed by atoms with Gasteiger partial charge in [-0.2, -0.15) is 4.68 Å². The highest BCUT2D eigenvalue weighted by Gasteiger charge is 2.30. The van der Waals surface area contributed by atoms with E-state index in [2.05, 4.69) is 15.5 Å². The van der Waals surface area contributed by atoms with E-state index in [9.17, 15) is 9.18 Å². The maximum absolute atomic E-state index is 13.6. The number of carboxylic acids is 1. The van der Waals surface area contributed by atoms with Crippen LogP contribution in [0.4, 0.5) is 4.39 Å². The van der Waals surface area contributed by atoms with Gasteiger partial charge in [0.25, 0.3) is 0 Å². The summed E-state index contributed by atoms with van der Waals surface area (Å²) >= 11 is 0. The summed E-state index contributed by atoms with van der Waals surface area (Å²) in [4.78, 5) is 10.7. The Morgan fingerprint density at radius 3 is 2.83 bits per heavy atom. The van der Waals surface area contributed by atoms with Crippen LogP contribution in [0.3, 0.4) is 0 Å². The lowest BCUT2D eigenvalue weighted by Crippen LogP contribution is -2.05. The van der Waals surface area contributed by atoms with Gasteiger partial charge in [0.15, 0.2) is 5.82 Å². The second kappa shape index (κ2) is 3.86. The van der Waals surface area contributed by atoms with Crippen molar-refractivity contribution in [2.75, 3.05) is 0 Å². The summed E-state index contributed by atoms with van der Waals surface area (Å²) in [5.41, 5.74) is 0.0733. The van der Waals surface area contributed by atoms with Crippen LogP contribution >= 0.6 is 0 Å². The lowest BCUT2D eigenvalue weighted by atomic mass is 10.2. The van der Waals surface area contributed by atoms with Crippen LogP contribution in [-0.2, 0) is 0 Å². The van der Waals surface area contributed by atoms with E-state index in [-0.39, 0.29) is 5.56 Å². The molecule has 0 saturated heterocycles. The van der Waals surface area contributed by atoms with E-state index in [0.717, 1.165) is 18.9 Å². The van der Waals surface area contributed by atoms with Gasteiger partial charge in [-0.3, -0.25) is 0 Å². The Morgan fingerprint density at radius 2 is 2.22 bits per heavy atom. The van der Waals surface area contributed by atoms with Crippen molar-refractivity contribution in [1.82, 2.24) is 20.2 Å². The minimum atomic E-state index is -1.29. The van der Waals surface area contributed by atoms with Crippen molar-refractivity contribution in [2.24, 2.45) is 0 Å². The zero-order valence-corrected chi connectivity index (χ0v) is 9.25. The van der Waals surface area contributed by atoms with Gasteiger partial charge in [-0.25, -0.2) is 9.18 Å². The number of aromatic carboxylic acids is 1. The van der Waals surface area contributed by atoms with E-state index >= 15 is 0 Å². The molecule has 1 aromatic heterocycles. The van der Waals surface area contributed by atoms with Gasteiger partial charge in [-0.05, 0) is 35.4 Å². The van der Waals surface area contributed by atoms with Gasteiger partial charge >= 0.3 is 5.97 Å². The van der Waals surface area contributed by atoms with Crippen LogP contribution < -0.4 is 0 Å². The number of hydrogen-bond donors (Lipinski definition) is 1. The number of carboxylic acid groups (broad SMARTS) is 1. The van der Waals surface area contributed by atoms with Crippen LogP contribution in [0, 0.1) is 5.82 Å². The Morgan fingerprint density at radius 1 is 1.44 bits per heavy atom. The SMILES string of the molecule is O=C(O)c1ccc(-n2nnnc2C2CC2)cc1F. The van der Waals surface area contributed by atoms with E-state index in [0.29, 0.717) is 17.4 Å². The molecule has 0 bridgehead atoms. The molecule has 92 valence electrons. The highest BCUT2D eigenvalue weighted by molar-refractivity contribution is 5.88. The van der Waals surface area contributed by atoms with Crippen molar-refractivity contribution in [3.63, 3.8) is 0 Å². The molecule has 1 heterocycles. The summed E-state index contributed by atoms with van der Waals surface area (Å²) < 4.78 is 15.0. The first-order chi connectivity index (χ1) is 8.66. The first-order valence-corrected chi connectivity index (χ1v) is 5.48. The maximum Gasteiger partial charge on any atom is 0.338 e. The van der Waals surface area contributed by atoms with E-state index in [4.69, 9.17) is 5.11 Å². The fraction of sp³-hybridized carbons (Fsp3) is 0.273. The number of rotatable bonds is 3. The molecule has 1 aromatic carbocycles. The van der Waals surface area contributed by atoms with Crippen molar-refractivity contribution < 1.29 is 14.3 Å². The summed E-state index contributed by atoms with van der Waals surface area (Å²) in [6, 6.07) is 3.84. The van der Waals surface area contributed by atoms with E-state index in [1.165, 1.54) is 16.8 Å². The smallest absolute Gasteiger partial charge is 0.338 e. The summed E-state index contributed by atoms with van der Waals surface area (Å²) in [7, 11) is 0. The number of tetrazole rings is 1. The van der Waals surface area contributed by atoms with E-state index < -0.39 is 11.8 Å². The molecule has 0 radical (unpaired) electrons. The summed E-state index contributed by atoms with van der Waals surface area (Å²) in [5.74, 6) is -1.07. The Balaban J connectivity index is 2.04. The van der Waals surface area contributed by atoms with Gasteiger partial charge in [-0.1, -0.05) is 0 Å². The minimum Gasteiger partial charge on any atom is -0.478 e. The Hall–Kier alpha value is -2.31. The van der Waals surface area contributed by atoms with Gasteiger partial charge in [0.05, 0.1) is 11.3 Å². The standard InChI is InChI=1S/C11H9FN4O2/c12-9-5-7(3-4-8(9)11(17)18)16-10(6-1-2-6)13-14-15-16/h3-6H,1-2H2,(H,17,18). The molecule has 2 aromatic rings. The number of nitrogens with zero attached hydrogens (tertiary/aromatic N) is 4. The Labute approximate surface area is 101 Å². The fourth-order valence-corrected chi connectivity index (χ4v) is 1.78. The first kappa shape index (κ1) is 10.8. The van der Waals surface area contributed by atoms with Gasteiger partial charge in [0.2, 0.25) is 0 Å². The quantitative estimate of drug-likeness (QED) is 0.887. The Bertz CT molecular complexity index is 621. The third kappa shape index (κ3) is 1.73. The van der Waals surface area contributed by atoms with Crippen molar-refractivity contribution in [3.8, 4) is 5.69 Å². The molecule has 0 unspecified atom stereocenters. The highest BCUT2D eigenvalue weighted by atomic mass is 19.1. The molecular weight excluding hydrogens is 239 g/mol. The van der Waals surface area contributed by atoms with Crippen molar-refractivity contribution in [3.05, 3.63) is 35.4 Å². The monoisotopic (exact) mass is 248 g/mol. The minimum absolute atomic E-state index is 0.321. The molecule has 0 spiro atoms. The van der Waals surface area contributed by atoms with Crippen LogP contribution in [0.5, 0.6) is 0 Å². The normalized spacial score (nSPS) is 14.7. The van der Waals surface area contributed by atoms with Gasteiger partial charge < -0.3 is 5.11 Å². The van der Waals surface area contributed by atoms with Crippen LogP contribution in [0.25, 0.3) is 5.69 Å². The molecule has 6 nitrogen and oxygen atoms in total. The van der Waals surface area contributed by atoms with Crippen LogP contribution in [0.15, 0.2) is 18.2 Å². The van der Waals surface area contributed by atoms with Crippen molar-refractivity contribution in [2.45, 2.75) is 18.8 Å². The number of hydrogen-bond acceptors (Lipinski definition) is 4. The van der Waals surface area contributed by atoms with Crippen LogP contribution in [0.2, 0.25) is 0 Å². The zero-order chi connectivity index (χ0) is 12.7. The number of benzene rings is 1. The van der Waals surface area contributed by atoms with Crippen LogP contribution in [-0.4, -0.2) is 31.3 Å². The molecular formula is C11H9FN4O2. The third-order valence-electron chi connectivity index (χ3n) is 2.86. The molecule has 1 fully saturated rings.